The quantitative estimate of drug-likeness (QED) is 0.0329. The minimum atomic E-state index is -3.74. The molecule has 2 aliphatic heterocycles. The molecule has 2 unspecified atom stereocenters. The van der Waals surface area contributed by atoms with Gasteiger partial charge in [-0.05, 0) is 127 Å². The molecule has 5 aromatic carbocycles. The molecule has 2 amide bonds. The van der Waals surface area contributed by atoms with Gasteiger partial charge in [0.05, 0.1) is 81.6 Å². The summed E-state index contributed by atoms with van der Waals surface area (Å²) in [7, 11) is -3.16. The maximum Gasteiger partial charge on any atom is 0.319 e. The fourth-order valence-corrected chi connectivity index (χ4v) is 13.2. The molecule has 82 heavy (non-hydrogen) atoms. The highest BCUT2D eigenvalue weighted by molar-refractivity contribution is 7.91. The number of rotatable bonds is 34. The van der Waals surface area contributed by atoms with Crippen LogP contribution in [0, 0.1) is 0 Å². The molecule has 3 N–H and O–H groups in total. The third-order valence-corrected chi connectivity index (χ3v) is 18.2. The van der Waals surface area contributed by atoms with E-state index in [0.29, 0.717) is 111 Å². The number of nitrogens with one attached hydrogen (secondary N) is 3. The first-order valence-electron chi connectivity index (χ1n) is 27.3. The maximum atomic E-state index is 13.1. The number of anilines is 1. The van der Waals surface area contributed by atoms with Crippen molar-refractivity contribution in [3.8, 4) is 0 Å². The van der Waals surface area contributed by atoms with Gasteiger partial charge >= 0.3 is 6.03 Å². The molecule has 0 saturated heterocycles. The number of nitrogens with zero attached hydrogens (tertiary/aromatic N) is 2. The van der Waals surface area contributed by atoms with Crippen LogP contribution in [0.2, 0.25) is 20.1 Å². The number of sulfonamides is 1. The number of halogens is 4. The zero-order valence-corrected chi connectivity index (χ0v) is 50.9. The Labute approximate surface area is 502 Å². The van der Waals surface area contributed by atoms with Crippen molar-refractivity contribution in [2.45, 2.75) is 60.4 Å². The molecular weight excluding hydrogens is 1180 g/mol. The smallest absolute Gasteiger partial charge is 0.319 e. The van der Waals surface area contributed by atoms with Gasteiger partial charge in [0.15, 0.2) is 9.84 Å². The summed E-state index contributed by atoms with van der Waals surface area (Å²) in [5, 5.41) is 7.91. The SMILES string of the molecule is CN1Cc2c(Cl)cc(Cl)cc2C(c2ccc(S(=O)(=O)CCCOCCOCCOCCCC(=O)Cc3ccc(NC(=O)NCCOCCOCCOCCNS(=O)(=O)c4ccc(C5CN(C)Cc6c(Cl)cc(Cl)cc65)cc4)cc3)cc2)C1. The van der Waals surface area contributed by atoms with Gasteiger partial charge in [-0.2, -0.15) is 0 Å². The lowest BCUT2D eigenvalue weighted by atomic mass is 9.85. The Morgan fingerprint density at radius 2 is 1.00 bits per heavy atom. The summed E-state index contributed by atoms with van der Waals surface area (Å²) in [6, 6.07) is 28.1. The van der Waals surface area contributed by atoms with Gasteiger partial charge in [0.1, 0.15) is 5.78 Å². The number of ether oxygens (including phenoxy) is 6. The molecule has 0 radical (unpaired) electrons. The van der Waals surface area contributed by atoms with Crippen LogP contribution in [-0.4, -0.2) is 164 Å². The molecule has 7 rings (SSSR count). The van der Waals surface area contributed by atoms with Gasteiger partial charge in [0, 0.05) is 103 Å². The third-order valence-electron chi connectivity index (χ3n) is 13.8. The Morgan fingerprint density at radius 1 is 0.549 bits per heavy atom. The molecule has 5 aromatic rings. The topological polar surface area (TPSA) is 200 Å². The lowest BCUT2D eigenvalue weighted by molar-refractivity contribution is -0.118. The average Bonchev–Trinajstić information content (AvgIpc) is 3.65. The second-order valence-corrected chi connectivity index (χ2v) is 25.8. The van der Waals surface area contributed by atoms with Crippen molar-refractivity contribution < 1.29 is 54.8 Å². The summed E-state index contributed by atoms with van der Waals surface area (Å²) in [5.41, 5.74) is 7.59. The molecule has 0 aliphatic carbocycles. The van der Waals surface area contributed by atoms with Gasteiger partial charge in [-0.15, -0.1) is 0 Å². The van der Waals surface area contributed by atoms with Gasteiger partial charge < -0.3 is 48.9 Å². The summed E-state index contributed by atoms with van der Waals surface area (Å²) < 4.78 is 87.9. The Morgan fingerprint density at radius 3 is 1.51 bits per heavy atom. The normalized spacial score (nSPS) is 15.7. The van der Waals surface area contributed by atoms with Gasteiger partial charge in [-0.1, -0.05) is 82.8 Å². The van der Waals surface area contributed by atoms with Crippen molar-refractivity contribution in [1.82, 2.24) is 19.8 Å². The summed E-state index contributed by atoms with van der Waals surface area (Å²) in [5.74, 6) is 0.0812. The third kappa shape index (κ3) is 20.5. The predicted molar refractivity (Wildman–Crippen MR) is 320 cm³/mol. The highest BCUT2D eigenvalue weighted by Gasteiger charge is 2.29. The molecular formula is C59H73Cl4N5O12S2. The van der Waals surface area contributed by atoms with Crippen molar-refractivity contribution in [3.63, 3.8) is 0 Å². The first-order chi connectivity index (χ1) is 39.5. The molecule has 23 heteroatoms. The molecule has 0 aromatic heterocycles. The highest BCUT2D eigenvalue weighted by Crippen LogP contribution is 2.40. The highest BCUT2D eigenvalue weighted by atomic mass is 35.5. The van der Waals surface area contributed by atoms with E-state index in [0.717, 1.165) is 58.6 Å². The molecule has 0 spiro atoms. The number of amides is 2. The van der Waals surface area contributed by atoms with Crippen LogP contribution in [0.15, 0.2) is 107 Å². The number of hydrogen-bond acceptors (Lipinski definition) is 14. The van der Waals surface area contributed by atoms with Crippen molar-refractivity contribution >= 4 is 83.8 Å². The van der Waals surface area contributed by atoms with Crippen molar-refractivity contribution in [2.75, 3.05) is 131 Å². The second-order valence-electron chi connectivity index (χ2n) is 20.2. The van der Waals surface area contributed by atoms with E-state index in [4.69, 9.17) is 74.8 Å². The summed E-state index contributed by atoms with van der Waals surface area (Å²) in [6.45, 7) is 7.16. The van der Waals surface area contributed by atoms with E-state index in [1.165, 1.54) is 0 Å². The zero-order valence-electron chi connectivity index (χ0n) is 46.3. The zero-order chi connectivity index (χ0) is 58.5. The van der Waals surface area contributed by atoms with E-state index in [1.54, 1.807) is 60.7 Å². The molecule has 2 heterocycles. The van der Waals surface area contributed by atoms with Crippen LogP contribution in [0.4, 0.5) is 10.5 Å². The number of fused-ring (bicyclic) bond motifs is 2. The minimum absolute atomic E-state index is 0.00323. The van der Waals surface area contributed by atoms with Crippen molar-refractivity contribution in [1.29, 1.82) is 0 Å². The van der Waals surface area contributed by atoms with Gasteiger partial charge in [-0.25, -0.2) is 26.4 Å². The van der Waals surface area contributed by atoms with Crippen LogP contribution < -0.4 is 15.4 Å². The first kappa shape index (κ1) is 65.3. The molecule has 0 fully saturated rings. The largest absolute Gasteiger partial charge is 0.379 e. The number of Topliss-reactive ketones (excluding diaryl/α,β-unsaturated/α-hetero) is 1. The van der Waals surface area contributed by atoms with E-state index in [2.05, 4.69) is 25.2 Å². The minimum Gasteiger partial charge on any atom is -0.379 e. The molecule has 0 saturated carbocycles. The number of carbonyl (C=O) groups is 2. The number of sulfone groups is 1. The Bertz CT molecular complexity index is 2880. The number of ketones is 1. The molecule has 17 nitrogen and oxygen atoms in total. The molecule has 2 aliphatic rings. The fourth-order valence-electron chi connectivity index (χ4n) is 9.74. The average molecular weight is 1250 g/mol. The van der Waals surface area contributed by atoms with Gasteiger partial charge in [0.25, 0.3) is 0 Å². The number of benzene rings is 5. The van der Waals surface area contributed by atoms with E-state index in [1.807, 2.05) is 50.5 Å². The maximum absolute atomic E-state index is 13.1. The summed E-state index contributed by atoms with van der Waals surface area (Å²) in [4.78, 5) is 29.8. The van der Waals surface area contributed by atoms with Crippen LogP contribution in [0.5, 0.6) is 0 Å². The summed E-state index contributed by atoms with van der Waals surface area (Å²) in [6.07, 6.45) is 1.58. The Balaban J connectivity index is 0.627. The molecule has 446 valence electrons. The van der Waals surface area contributed by atoms with E-state index >= 15 is 0 Å². The van der Waals surface area contributed by atoms with Crippen molar-refractivity contribution in [3.05, 3.63) is 156 Å². The van der Waals surface area contributed by atoms with Crippen molar-refractivity contribution in [2.24, 2.45) is 0 Å². The van der Waals surface area contributed by atoms with E-state index in [-0.39, 0.29) is 78.5 Å². The number of carbonyl (C=O) groups excluding carboxylic acids is 2. The fraction of sp³-hybridized carbons (Fsp3) is 0.458. The van der Waals surface area contributed by atoms with Crippen LogP contribution in [-0.2, 0) is 72.6 Å². The Kier molecular flexibility index (Phi) is 26.2. The van der Waals surface area contributed by atoms with Crippen LogP contribution in [0.1, 0.15) is 70.0 Å². The molecule has 0 bridgehead atoms. The summed E-state index contributed by atoms with van der Waals surface area (Å²) >= 11 is 25.7. The monoisotopic (exact) mass is 1250 g/mol. The van der Waals surface area contributed by atoms with Crippen LogP contribution in [0.25, 0.3) is 0 Å². The lowest BCUT2D eigenvalue weighted by Crippen LogP contribution is -2.31. The van der Waals surface area contributed by atoms with Crippen LogP contribution in [0.3, 0.4) is 0 Å². The Hall–Kier alpha value is -4.26. The van der Waals surface area contributed by atoms with E-state index in [9.17, 15) is 26.4 Å². The number of hydrogen-bond donors (Lipinski definition) is 3. The first-order valence-corrected chi connectivity index (χ1v) is 32.0. The lowest BCUT2D eigenvalue weighted by Gasteiger charge is -2.33. The van der Waals surface area contributed by atoms with Gasteiger partial charge in [-0.3, -0.25) is 4.79 Å². The van der Waals surface area contributed by atoms with Gasteiger partial charge in [0.2, 0.25) is 10.0 Å². The van der Waals surface area contributed by atoms with Crippen LogP contribution >= 0.6 is 46.4 Å². The standard InChI is InChI=1S/C59H73Cl4N5O12S2/c1-67-38-53(51-34-45(60)36-57(62)55(51)40-67)43-8-14-49(15-9-43)81(71,72)32-4-21-76-25-29-79-28-24-75-20-3-5-48(69)33-42-6-12-47(13-7-42)66-59(70)64-18-22-77-26-30-80-31-27-78-23-19-65-82(73,74)50-16-10-44(11-17-50)54-39-68(2)41-56-52(54)35-46(61)37-58(56)63/h6-17,34-37,53-54,65H,3-5,18-33,38-41H2,1-2H3,(H2,64,66,70). The number of likely N-dealkylation sites (N-methyl/N-ethyl adjacent to an activating group) is 2. The second kappa shape index (κ2) is 32.9. The number of urea groups is 1. The predicted octanol–water partition coefficient (Wildman–Crippen LogP) is 9.41. The molecule has 2 atom stereocenters. The van der Waals surface area contributed by atoms with E-state index < -0.39 is 19.9 Å².